The Morgan fingerprint density at radius 2 is 2.05 bits per heavy atom. The van der Waals surface area contributed by atoms with Crippen LogP contribution in [-0.2, 0) is 7.05 Å². The number of hydrogen-bond donors (Lipinski definition) is 0. The van der Waals surface area contributed by atoms with E-state index in [1.165, 1.54) is 5.56 Å². The number of halogens is 2. The highest BCUT2D eigenvalue weighted by atomic mass is 127. The van der Waals surface area contributed by atoms with E-state index in [4.69, 9.17) is 16.6 Å². The third-order valence-electron chi connectivity index (χ3n) is 3.14. The van der Waals surface area contributed by atoms with Crippen molar-refractivity contribution in [1.82, 2.24) is 14.5 Å². The lowest BCUT2D eigenvalue weighted by Crippen LogP contribution is -1.94. The first-order valence-electron chi connectivity index (χ1n) is 5.79. The molecule has 1 aromatic carbocycles. The van der Waals surface area contributed by atoms with Crippen LogP contribution in [0.25, 0.3) is 22.3 Å². The van der Waals surface area contributed by atoms with E-state index >= 15 is 0 Å². The maximum Gasteiger partial charge on any atom is 0.0948 e. The van der Waals surface area contributed by atoms with Crippen LogP contribution in [0.1, 0.15) is 5.56 Å². The highest BCUT2D eigenvalue weighted by Crippen LogP contribution is 2.29. The van der Waals surface area contributed by atoms with E-state index in [9.17, 15) is 0 Å². The number of aryl methyl sites for hydroxylation is 2. The Bertz CT molecular complexity index is 780. The standard InChI is InChI=1S/C14H11ClIN3/c1-8-3-13(14-6-17-7-19(14)2)18-12-5-10(15)11(16)4-9(8)12/h3-7H,1-2H3. The van der Waals surface area contributed by atoms with Crippen molar-refractivity contribution in [2.45, 2.75) is 6.92 Å². The van der Waals surface area contributed by atoms with Crippen LogP contribution in [0.15, 0.2) is 30.7 Å². The minimum Gasteiger partial charge on any atom is -0.332 e. The molecule has 0 amide bonds. The van der Waals surface area contributed by atoms with E-state index in [2.05, 4.69) is 46.6 Å². The molecule has 5 heteroatoms. The summed E-state index contributed by atoms with van der Waals surface area (Å²) in [6.07, 6.45) is 3.60. The SMILES string of the molecule is Cc1cc(-c2cncn2C)nc2cc(Cl)c(I)cc12. The minimum absolute atomic E-state index is 0.738. The van der Waals surface area contributed by atoms with Crippen LogP contribution in [0.3, 0.4) is 0 Å². The first-order valence-corrected chi connectivity index (χ1v) is 7.25. The maximum absolute atomic E-state index is 6.18. The van der Waals surface area contributed by atoms with Crippen molar-refractivity contribution in [3.05, 3.63) is 44.9 Å². The Morgan fingerprint density at radius 3 is 2.74 bits per heavy atom. The van der Waals surface area contributed by atoms with Gasteiger partial charge in [0.1, 0.15) is 0 Å². The third kappa shape index (κ3) is 2.23. The van der Waals surface area contributed by atoms with Crippen molar-refractivity contribution < 1.29 is 0 Å². The molecule has 2 heterocycles. The van der Waals surface area contributed by atoms with Crippen LogP contribution in [0.5, 0.6) is 0 Å². The lowest BCUT2D eigenvalue weighted by atomic mass is 10.1. The molecule has 0 N–H and O–H groups in total. The monoisotopic (exact) mass is 383 g/mol. The first kappa shape index (κ1) is 12.9. The highest BCUT2D eigenvalue weighted by Gasteiger charge is 2.09. The van der Waals surface area contributed by atoms with Gasteiger partial charge < -0.3 is 4.57 Å². The van der Waals surface area contributed by atoms with Crippen molar-refractivity contribution in [2.75, 3.05) is 0 Å². The molecule has 3 rings (SSSR count). The zero-order valence-electron chi connectivity index (χ0n) is 10.5. The maximum atomic E-state index is 6.18. The number of nitrogens with zero attached hydrogens (tertiary/aromatic N) is 3. The molecule has 0 aliphatic rings. The van der Waals surface area contributed by atoms with Gasteiger partial charge in [0.25, 0.3) is 0 Å². The van der Waals surface area contributed by atoms with Crippen molar-refractivity contribution in [2.24, 2.45) is 7.05 Å². The van der Waals surface area contributed by atoms with Gasteiger partial charge in [-0.05, 0) is 53.3 Å². The number of benzene rings is 1. The molecular formula is C14H11ClIN3. The van der Waals surface area contributed by atoms with Crippen molar-refractivity contribution >= 4 is 45.1 Å². The van der Waals surface area contributed by atoms with E-state index in [1.807, 2.05) is 23.9 Å². The average molecular weight is 384 g/mol. The highest BCUT2D eigenvalue weighted by molar-refractivity contribution is 14.1. The Kier molecular flexibility index (Phi) is 3.22. The number of aromatic nitrogens is 3. The van der Waals surface area contributed by atoms with Crippen molar-refractivity contribution in [3.8, 4) is 11.4 Å². The van der Waals surface area contributed by atoms with Crippen molar-refractivity contribution in [1.29, 1.82) is 0 Å². The predicted molar refractivity (Wildman–Crippen MR) is 86.4 cm³/mol. The quantitative estimate of drug-likeness (QED) is 0.590. The van der Waals surface area contributed by atoms with E-state index in [-0.39, 0.29) is 0 Å². The van der Waals surface area contributed by atoms with Gasteiger partial charge in [-0.1, -0.05) is 11.6 Å². The Morgan fingerprint density at radius 1 is 1.26 bits per heavy atom. The lowest BCUT2D eigenvalue weighted by Gasteiger charge is -2.08. The molecule has 0 fully saturated rings. The minimum atomic E-state index is 0.738. The predicted octanol–water partition coefficient (Wildman–Crippen LogP) is 4.20. The molecule has 96 valence electrons. The molecule has 0 atom stereocenters. The van der Waals surface area contributed by atoms with Gasteiger partial charge in [0.2, 0.25) is 0 Å². The molecule has 0 aliphatic carbocycles. The summed E-state index contributed by atoms with van der Waals surface area (Å²) in [7, 11) is 1.96. The zero-order chi connectivity index (χ0) is 13.6. The molecule has 0 saturated heterocycles. The molecular weight excluding hydrogens is 373 g/mol. The molecule has 0 radical (unpaired) electrons. The van der Waals surface area contributed by atoms with Gasteiger partial charge in [0.05, 0.1) is 34.5 Å². The summed E-state index contributed by atoms with van der Waals surface area (Å²) < 4.78 is 3.01. The molecule has 2 aromatic heterocycles. The summed E-state index contributed by atoms with van der Waals surface area (Å²) in [4.78, 5) is 8.83. The molecule has 3 aromatic rings. The molecule has 0 bridgehead atoms. The molecule has 0 aliphatic heterocycles. The van der Waals surface area contributed by atoms with Gasteiger partial charge in [-0.3, -0.25) is 0 Å². The van der Waals surface area contributed by atoms with Gasteiger partial charge in [-0.2, -0.15) is 0 Å². The molecule has 0 unspecified atom stereocenters. The van der Waals surface area contributed by atoms with E-state index in [1.54, 1.807) is 6.33 Å². The third-order valence-corrected chi connectivity index (χ3v) is 4.66. The molecule has 3 nitrogen and oxygen atoms in total. The van der Waals surface area contributed by atoms with Gasteiger partial charge in [-0.15, -0.1) is 0 Å². The van der Waals surface area contributed by atoms with Crippen LogP contribution in [0.4, 0.5) is 0 Å². The number of hydrogen-bond acceptors (Lipinski definition) is 2. The second-order valence-electron chi connectivity index (χ2n) is 4.50. The number of fused-ring (bicyclic) bond motifs is 1. The Labute approximate surface area is 129 Å². The molecule has 0 saturated carbocycles. The van der Waals surface area contributed by atoms with Gasteiger partial charge in [0.15, 0.2) is 0 Å². The van der Waals surface area contributed by atoms with E-state index in [0.717, 1.165) is 30.9 Å². The van der Waals surface area contributed by atoms with Gasteiger partial charge in [0, 0.05) is 16.0 Å². The Balaban J connectivity index is 2.30. The fourth-order valence-electron chi connectivity index (χ4n) is 2.12. The normalized spacial score (nSPS) is 11.2. The first-order chi connectivity index (χ1) is 9.06. The second-order valence-corrected chi connectivity index (χ2v) is 6.07. The summed E-state index contributed by atoms with van der Waals surface area (Å²) in [5.74, 6) is 0. The van der Waals surface area contributed by atoms with Crippen LogP contribution < -0.4 is 0 Å². The summed E-state index contributed by atoms with van der Waals surface area (Å²) in [6.45, 7) is 2.09. The summed E-state index contributed by atoms with van der Waals surface area (Å²) >= 11 is 8.42. The van der Waals surface area contributed by atoms with Crippen LogP contribution in [0, 0.1) is 10.5 Å². The largest absolute Gasteiger partial charge is 0.332 e. The topological polar surface area (TPSA) is 30.7 Å². The van der Waals surface area contributed by atoms with Crippen LogP contribution >= 0.6 is 34.2 Å². The molecule has 0 spiro atoms. The van der Waals surface area contributed by atoms with Gasteiger partial charge >= 0.3 is 0 Å². The lowest BCUT2D eigenvalue weighted by molar-refractivity contribution is 0.917. The van der Waals surface area contributed by atoms with Crippen molar-refractivity contribution in [3.63, 3.8) is 0 Å². The summed E-state index contributed by atoms with van der Waals surface area (Å²) in [5, 5.41) is 1.88. The van der Waals surface area contributed by atoms with E-state index < -0.39 is 0 Å². The number of imidazole rings is 1. The fraction of sp³-hybridized carbons (Fsp3) is 0.143. The van der Waals surface area contributed by atoms with Crippen LogP contribution in [0.2, 0.25) is 5.02 Å². The number of pyridine rings is 1. The van der Waals surface area contributed by atoms with Crippen LogP contribution in [-0.4, -0.2) is 14.5 Å². The second kappa shape index (κ2) is 4.76. The molecule has 19 heavy (non-hydrogen) atoms. The van der Waals surface area contributed by atoms with E-state index in [0.29, 0.717) is 0 Å². The average Bonchev–Trinajstić information content (AvgIpc) is 2.78. The van der Waals surface area contributed by atoms with Gasteiger partial charge in [-0.25, -0.2) is 9.97 Å². The smallest absolute Gasteiger partial charge is 0.0948 e. The fourth-order valence-corrected chi connectivity index (χ4v) is 2.75. The summed E-state index contributed by atoms with van der Waals surface area (Å²) in [5.41, 5.74) is 4.03. The Hall–Kier alpha value is -1.14. The zero-order valence-corrected chi connectivity index (χ0v) is 13.4. The summed E-state index contributed by atoms with van der Waals surface area (Å²) in [6, 6.07) is 6.09. The number of rotatable bonds is 1.